The highest BCUT2D eigenvalue weighted by molar-refractivity contribution is 6.40. The molecule has 0 heterocycles. The Labute approximate surface area is 235 Å². The van der Waals surface area contributed by atoms with Crippen molar-refractivity contribution in [1.29, 1.82) is 0 Å². The fourth-order valence-electron chi connectivity index (χ4n) is 6.68. The number of hydrogen-bond acceptors (Lipinski definition) is 3. The second kappa shape index (κ2) is 9.31. The van der Waals surface area contributed by atoms with Gasteiger partial charge in [0.05, 0.1) is 11.6 Å². The number of nitrogens with zero attached hydrogens (tertiary/aromatic N) is 1. The molecule has 0 aromatic heterocycles. The highest BCUT2D eigenvalue weighted by Crippen LogP contribution is 2.50. The number of allylic oxidation sites excluding steroid dienone is 7. The molecule has 4 aliphatic rings. The molecule has 0 aliphatic heterocycles. The van der Waals surface area contributed by atoms with Crippen LogP contribution in [0.2, 0.25) is 0 Å². The number of rotatable bonds is 4. The van der Waals surface area contributed by atoms with Crippen LogP contribution in [0.1, 0.15) is 49.8 Å². The number of carbonyl (C=O) groups is 2. The average Bonchev–Trinajstić information content (AvgIpc) is 3.36. The molecule has 7 rings (SSSR count). The van der Waals surface area contributed by atoms with Crippen LogP contribution in [0.5, 0.6) is 0 Å². The van der Waals surface area contributed by atoms with E-state index in [4.69, 9.17) is 0 Å². The van der Waals surface area contributed by atoms with Gasteiger partial charge in [-0.15, -0.1) is 0 Å². The summed E-state index contributed by atoms with van der Waals surface area (Å²) in [6.07, 6.45) is 16.8. The molecule has 4 aliphatic carbocycles. The molecular formula is C37H31NO2. The Kier molecular flexibility index (Phi) is 5.71. The molecule has 0 fully saturated rings. The fraction of sp³-hybridized carbons (Fsp3) is 0.189. The lowest BCUT2D eigenvalue weighted by atomic mass is 9.81. The van der Waals surface area contributed by atoms with E-state index in [-0.39, 0.29) is 23.0 Å². The Hall–Kier alpha value is -4.50. The highest BCUT2D eigenvalue weighted by atomic mass is 16.2. The summed E-state index contributed by atoms with van der Waals surface area (Å²) in [7, 11) is 0. The Balaban J connectivity index is 1.27. The summed E-state index contributed by atoms with van der Waals surface area (Å²) >= 11 is 0. The van der Waals surface area contributed by atoms with Gasteiger partial charge in [0.25, 0.3) is 0 Å². The van der Waals surface area contributed by atoms with Crippen molar-refractivity contribution in [3.63, 3.8) is 0 Å². The lowest BCUT2D eigenvalue weighted by Crippen LogP contribution is -2.30. The van der Waals surface area contributed by atoms with E-state index in [0.29, 0.717) is 23.1 Å². The number of fused-ring (bicyclic) bond motifs is 3. The van der Waals surface area contributed by atoms with E-state index in [2.05, 4.69) is 104 Å². The van der Waals surface area contributed by atoms with Gasteiger partial charge < -0.3 is 4.90 Å². The van der Waals surface area contributed by atoms with E-state index < -0.39 is 0 Å². The van der Waals surface area contributed by atoms with E-state index in [1.54, 1.807) is 6.08 Å². The number of benzene rings is 3. The second-order valence-electron chi connectivity index (χ2n) is 11.5. The molecular weight excluding hydrogens is 490 g/mol. The lowest BCUT2D eigenvalue weighted by Gasteiger charge is -2.33. The summed E-state index contributed by atoms with van der Waals surface area (Å²) in [4.78, 5) is 28.5. The number of anilines is 2. The molecule has 3 aromatic carbocycles. The van der Waals surface area contributed by atoms with Gasteiger partial charge in [-0.1, -0.05) is 92.8 Å². The van der Waals surface area contributed by atoms with Gasteiger partial charge in [0, 0.05) is 27.9 Å². The first-order valence-corrected chi connectivity index (χ1v) is 14.1. The van der Waals surface area contributed by atoms with Crippen molar-refractivity contribution < 1.29 is 9.59 Å². The summed E-state index contributed by atoms with van der Waals surface area (Å²) in [5, 5.41) is 0. The van der Waals surface area contributed by atoms with E-state index in [1.165, 1.54) is 33.6 Å². The number of para-hydroxylation sites is 1. The minimum absolute atomic E-state index is 0.107. The van der Waals surface area contributed by atoms with Gasteiger partial charge in [0.15, 0.2) is 11.6 Å². The van der Waals surface area contributed by atoms with E-state index in [1.807, 2.05) is 18.2 Å². The topological polar surface area (TPSA) is 37.4 Å². The monoisotopic (exact) mass is 521 g/mol. The van der Waals surface area contributed by atoms with Crippen LogP contribution in [-0.4, -0.2) is 17.6 Å². The third-order valence-corrected chi connectivity index (χ3v) is 8.78. The molecule has 0 saturated carbocycles. The first-order chi connectivity index (χ1) is 19.4. The second-order valence-corrected chi connectivity index (χ2v) is 11.5. The minimum atomic E-state index is -0.232. The van der Waals surface area contributed by atoms with Gasteiger partial charge in [-0.05, 0) is 77.4 Å². The first-order valence-electron chi connectivity index (χ1n) is 14.1. The summed E-state index contributed by atoms with van der Waals surface area (Å²) in [6.45, 7) is 4.54. The van der Waals surface area contributed by atoms with Crippen molar-refractivity contribution in [1.82, 2.24) is 0 Å². The van der Waals surface area contributed by atoms with Crippen LogP contribution in [0.3, 0.4) is 0 Å². The third-order valence-electron chi connectivity index (χ3n) is 8.78. The normalized spacial score (nSPS) is 21.1. The Morgan fingerprint density at radius 1 is 0.825 bits per heavy atom. The maximum Gasteiger partial charge on any atom is 0.197 e. The lowest BCUT2D eigenvalue weighted by molar-refractivity contribution is -0.115. The molecule has 1 atom stereocenters. The van der Waals surface area contributed by atoms with Crippen LogP contribution in [0.25, 0.3) is 17.2 Å². The predicted octanol–water partition coefficient (Wildman–Crippen LogP) is 8.20. The van der Waals surface area contributed by atoms with Gasteiger partial charge in [0.1, 0.15) is 0 Å². The van der Waals surface area contributed by atoms with Crippen molar-refractivity contribution in [3.8, 4) is 11.1 Å². The zero-order valence-electron chi connectivity index (χ0n) is 22.9. The molecule has 3 nitrogen and oxygen atoms in total. The summed E-state index contributed by atoms with van der Waals surface area (Å²) in [5.41, 5.74) is 9.51. The van der Waals surface area contributed by atoms with Crippen molar-refractivity contribution in [2.24, 2.45) is 0 Å². The molecule has 0 spiro atoms. The largest absolute Gasteiger partial charge is 0.334 e. The van der Waals surface area contributed by atoms with Crippen LogP contribution in [0.15, 0.2) is 120 Å². The number of hydrogen-bond donors (Lipinski definition) is 0. The molecule has 1 unspecified atom stereocenters. The fourth-order valence-corrected chi connectivity index (χ4v) is 6.68. The molecule has 0 radical (unpaired) electrons. The quantitative estimate of drug-likeness (QED) is 0.257. The third kappa shape index (κ3) is 3.80. The summed E-state index contributed by atoms with van der Waals surface area (Å²) in [6, 6.07) is 24.0. The van der Waals surface area contributed by atoms with E-state index >= 15 is 0 Å². The van der Waals surface area contributed by atoms with Crippen LogP contribution in [0.4, 0.5) is 11.4 Å². The molecule has 196 valence electrons. The molecule has 3 aromatic rings. The predicted molar refractivity (Wildman–Crippen MR) is 163 cm³/mol. The Morgan fingerprint density at radius 3 is 2.35 bits per heavy atom. The van der Waals surface area contributed by atoms with Crippen molar-refractivity contribution in [3.05, 3.63) is 137 Å². The van der Waals surface area contributed by atoms with Gasteiger partial charge in [-0.2, -0.15) is 0 Å². The zero-order chi connectivity index (χ0) is 27.4. The van der Waals surface area contributed by atoms with Gasteiger partial charge in [-0.25, -0.2) is 0 Å². The maximum absolute atomic E-state index is 13.0. The number of carbonyl (C=O) groups excluding carboxylic acids is 2. The first kappa shape index (κ1) is 24.5. The van der Waals surface area contributed by atoms with Crippen molar-refractivity contribution in [2.75, 3.05) is 4.90 Å². The van der Waals surface area contributed by atoms with Crippen molar-refractivity contribution >= 4 is 29.0 Å². The van der Waals surface area contributed by atoms with Gasteiger partial charge in [-0.3, -0.25) is 9.59 Å². The standard InChI is InChI=1S/C37H31NO2/c1-37(2)33-22-24(21-32-35(39)30-15-9-10-16-31(30)36(32)40)17-19-28(33)29-20-18-27(23-34(29)37)38(25-11-5-3-6-12-25)26-13-7-4-8-14-26/h3-9,11-13,15,17-23,26H,10,14,16H2,1-2H3/b32-21-. The molecule has 0 N–H and O–H groups in total. The van der Waals surface area contributed by atoms with Gasteiger partial charge >= 0.3 is 0 Å². The zero-order valence-corrected chi connectivity index (χ0v) is 22.9. The smallest absolute Gasteiger partial charge is 0.197 e. The Morgan fingerprint density at radius 2 is 1.60 bits per heavy atom. The molecule has 0 saturated heterocycles. The number of ketones is 2. The number of Topliss-reactive ketones (excluding diaryl/α,β-unsaturated/α-hetero) is 2. The highest BCUT2D eigenvalue weighted by Gasteiger charge is 2.38. The van der Waals surface area contributed by atoms with E-state index in [0.717, 1.165) is 18.4 Å². The van der Waals surface area contributed by atoms with Gasteiger partial charge in [0.2, 0.25) is 0 Å². The SMILES string of the molecule is CC1(C)c2cc(/C=C3/C(=O)C4=C(CCC=C4)C3=O)ccc2-c2ccc(N(c3ccccc3)C3C=CC=CC3)cc21. The van der Waals surface area contributed by atoms with Crippen LogP contribution >= 0.6 is 0 Å². The Bertz CT molecular complexity index is 1730. The average molecular weight is 522 g/mol. The van der Waals surface area contributed by atoms with Crippen LogP contribution in [-0.2, 0) is 15.0 Å². The minimum Gasteiger partial charge on any atom is -0.334 e. The maximum atomic E-state index is 13.0. The van der Waals surface area contributed by atoms with Crippen molar-refractivity contribution in [2.45, 2.75) is 44.6 Å². The van der Waals surface area contributed by atoms with Crippen LogP contribution < -0.4 is 4.90 Å². The van der Waals surface area contributed by atoms with Crippen LogP contribution in [0, 0.1) is 0 Å². The molecule has 0 bridgehead atoms. The molecule has 0 amide bonds. The molecule has 40 heavy (non-hydrogen) atoms. The van der Waals surface area contributed by atoms with E-state index in [9.17, 15) is 9.59 Å². The summed E-state index contributed by atoms with van der Waals surface area (Å²) < 4.78 is 0. The molecule has 3 heteroatoms. The summed E-state index contributed by atoms with van der Waals surface area (Å²) in [5.74, 6) is -0.249.